The van der Waals surface area contributed by atoms with Crippen molar-refractivity contribution in [3.63, 3.8) is 0 Å². The average molecular weight is 433 g/mol. The van der Waals surface area contributed by atoms with Gasteiger partial charge < -0.3 is 5.32 Å². The summed E-state index contributed by atoms with van der Waals surface area (Å²) in [5.74, 6) is 0.470. The fraction of sp³-hybridized carbons (Fsp3) is 0.320. The maximum atomic E-state index is 12.0. The Morgan fingerprint density at radius 3 is 2.97 bits per heavy atom. The van der Waals surface area contributed by atoms with E-state index in [1.165, 1.54) is 22.5 Å². The lowest BCUT2D eigenvalue weighted by Crippen LogP contribution is -2.28. The fourth-order valence-electron chi connectivity index (χ4n) is 3.98. The van der Waals surface area contributed by atoms with Crippen molar-refractivity contribution in [1.29, 1.82) is 0 Å². The highest BCUT2D eigenvalue weighted by Gasteiger charge is 2.16. The first-order valence-electron chi connectivity index (χ1n) is 10.8. The molecular weight excluding hydrogens is 404 g/mol. The Morgan fingerprint density at radius 2 is 2.16 bits per heavy atom. The highest BCUT2D eigenvalue weighted by molar-refractivity contribution is 7.22. The smallest absolute Gasteiger partial charge is 0.321 e. The van der Waals surface area contributed by atoms with E-state index in [-0.39, 0.29) is 6.03 Å². The van der Waals surface area contributed by atoms with Gasteiger partial charge in [-0.1, -0.05) is 41.2 Å². The summed E-state index contributed by atoms with van der Waals surface area (Å²) in [5.41, 5.74) is 5.59. The predicted molar refractivity (Wildman–Crippen MR) is 129 cm³/mol. The van der Waals surface area contributed by atoms with Gasteiger partial charge in [-0.2, -0.15) is 0 Å². The van der Waals surface area contributed by atoms with Gasteiger partial charge in [0.1, 0.15) is 0 Å². The van der Waals surface area contributed by atoms with E-state index < -0.39 is 0 Å². The van der Waals surface area contributed by atoms with E-state index in [0.717, 1.165) is 47.2 Å². The molecule has 0 spiro atoms. The zero-order valence-electron chi connectivity index (χ0n) is 18.0. The Labute approximate surface area is 187 Å². The summed E-state index contributed by atoms with van der Waals surface area (Å²) in [6.07, 6.45) is 13.1. The molecule has 2 N–H and O–H groups in total. The van der Waals surface area contributed by atoms with Crippen molar-refractivity contribution < 1.29 is 4.79 Å². The third-order valence-electron chi connectivity index (χ3n) is 5.38. The van der Waals surface area contributed by atoms with Crippen LogP contribution in [0.15, 0.2) is 60.3 Å². The molecule has 0 saturated carbocycles. The number of allylic oxidation sites excluding steroid dienone is 4. The molecule has 1 aliphatic carbocycles. The summed E-state index contributed by atoms with van der Waals surface area (Å²) in [5, 5.41) is 6.21. The van der Waals surface area contributed by atoms with Crippen molar-refractivity contribution in [1.82, 2.24) is 15.3 Å². The van der Waals surface area contributed by atoms with E-state index in [1.807, 2.05) is 31.3 Å². The average Bonchev–Trinajstić information content (AvgIpc) is 3.14. The standard InChI is InChI=1S/C25H28N4OS/c1-3-26-24(30)29-25-28-22-16-19(14-18-10-6-4-5-9-17(2)13-18)15-20(23(22)31-25)21-11-7-8-12-27-21/h4,6-8,11-13,15-16,18H,3,5,9-10,14H2,1-2H3,(H2,26,28,29,30). The number of rotatable bonds is 5. The summed E-state index contributed by atoms with van der Waals surface area (Å²) < 4.78 is 1.04. The summed E-state index contributed by atoms with van der Waals surface area (Å²) in [7, 11) is 0. The third-order valence-corrected chi connectivity index (χ3v) is 6.40. The highest BCUT2D eigenvalue weighted by atomic mass is 32.1. The molecule has 2 amide bonds. The molecule has 160 valence electrons. The molecule has 0 aliphatic heterocycles. The van der Waals surface area contributed by atoms with Gasteiger partial charge in [-0.3, -0.25) is 10.3 Å². The molecule has 1 atom stereocenters. The second kappa shape index (κ2) is 9.88. The Kier molecular flexibility index (Phi) is 6.77. The first-order valence-corrected chi connectivity index (χ1v) is 11.7. The maximum Gasteiger partial charge on any atom is 0.321 e. The number of aromatic nitrogens is 2. The van der Waals surface area contributed by atoms with Gasteiger partial charge in [-0.05, 0) is 75.3 Å². The number of anilines is 1. The topological polar surface area (TPSA) is 66.9 Å². The summed E-state index contributed by atoms with van der Waals surface area (Å²) in [6.45, 7) is 4.70. The molecule has 1 aliphatic rings. The quantitative estimate of drug-likeness (QED) is 0.462. The first-order chi connectivity index (χ1) is 15.1. The number of amides is 2. The van der Waals surface area contributed by atoms with Gasteiger partial charge in [0.25, 0.3) is 0 Å². The molecule has 0 saturated heterocycles. The minimum atomic E-state index is -0.233. The molecule has 2 heterocycles. The van der Waals surface area contributed by atoms with E-state index in [9.17, 15) is 4.79 Å². The number of nitrogens with zero attached hydrogens (tertiary/aromatic N) is 2. The van der Waals surface area contributed by atoms with Crippen molar-refractivity contribution in [3.8, 4) is 11.3 Å². The van der Waals surface area contributed by atoms with Crippen molar-refractivity contribution >= 4 is 32.7 Å². The number of nitrogens with one attached hydrogen (secondary N) is 2. The molecule has 3 aromatic rings. The van der Waals surface area contributed by atoms with Crippen LogP contribution in [0.3, 0.4) is 0 Å². The largest absolute Gasteiger partial charge is 0.338 e. The van der Waals surface area contributed by atoms with Gasteiger partial charge in [-0.25, -0.2) is 9.78 Å². The minimum Gasteiger partial charge on any atom is -0.338 e. The molecule has 2 aromatic heterocycles. The van der Waals surface area contributed by atoms with Crippen molar-refractivity contribution in [3.05, 3.63) is 65.9 Å². The third kappa shape index (κ3) is 5.39. The maximum absolute atomic E-state index is 12.0. The zero-order chi connectivity index (χ0) is 21.6. The van der Waals surface area contributed by atoms with Crippen LogP contribution in [0, 0.1) is 5.92 Å². The zero-order valence-corrected chi connectivity index (χ0v) is 18.8. The molecule has 0 fully saturated rings. The van der Waals surface area contributed by atoms with E-state index in [0.29, 0.717) is 17.6 Å². The lowest BCUT2D eigenvalue weighted by Gasteiger charge is -2.15. The summed E-state index contributed by atoms with van der Waals surface area (Å²) >= 11 is 1.49. The Balaban J connectivity index is 1.72. The lowest BCUT2D eigenvalue weighted by atomic mass is 9.90. The number of hydrogen-bond donors (Lipinski definition) is 2. The van der Waals surface area contributed by atoms with Gasteiger partial charge in [0.15, 0.2) is 5.13 Å². The molecular formula is C25H28N4OS. The summed E-state index contributed by atoms with van der Waals surface area (Å²) in [6, 6.07) is 10.1. The molecule has 6 heteroatoms. The van der Waals surface area contributed by atoms with Crippen molar-refractivity contribution in [2.45, 2.75) is 39.5 Å². The number of carbonyl (C=O) groups is 1. The second-order valence-electron chi connectivity index (χ2n) is 7.93. The number of thiazole rings is 1. The Hall–Kier alpha value is -2.99. The van der Waals surface area contributed by atoms with Gasteiger partial charge in [0.05, 0.1) is 15.9 Å². The van der Waals surface area contributed by atoms with Gasteiger partial charge in [-0.15, -0.1) is 0 Å². The molecule has 1 unspecified atom stereocenters. The van der Waals surface area contributed by atoms with E-state index in [1.54, 1.807) is 0 Å². The van der Waals surface area contributed by atoms with E-state index >= 15 is 0 Å². The molecule has 0 bridgehead atoms. The van der Waals surface area contributed by atoms with Gasteiger partial charge in [0.2, 0.25) is 0 Å². The van der Waals surface area contributed by atoms with Crippen LogP contribution in [0.4, 0.5) is 9.93 Å². The second-order valence-corrected chi connectivity index (χ2v) is 8.93. The van der Waals surface area contributed by atoms with Gasteiger partial charge in [0, 0.05) is 18.3 Å². The molecule has 1 aromatic carbocycles. The van der Waals surface area contributed by atoms with Crippen LogP contribution in [-0.4, -0.2) is 22.5 Å². The number of pyridine rings is 1. The monoisotopic (exact) mass is 432 g/mol. The highest BCUT2D eigenvalue weighted by Crippen LogP contribution is 2.36. The number of fused-ring (bicyclic) bond motifs is 1. The molecule has 31 heavy (non-hydrogen) atoms. The number of carbonyl (C=O) groups excluding carboxylic acids is 1. The first kappa shape index (κ1) is 21.2. The predicted octanol–water partition coefficient (Wildman–Crippen LogP) is 6.34. The van der Waals surface area contributed by atoms with Crippen LogP contribution in [0.2, 0.25) is 0 Å². The van der Waals surface area contributed by atoms with Gasteiger partial charge >= 0.3 is 6.03 Å². The van der Waals surface area contributed by atoms with E-state index in [2.05, 4.69) is 52.9 Å². The van der Waals surface area contributed by atoms with Crippen molar-refractivity contribution in [2.24, 2.45) is 5.92 Å². The number of hydrogen-bond acceptors (Lipinski definition) is 4. The van der Waals surface area contributed by atoms with Crippen LogP contribution in [-0.2, 0) is 6.42 Å². The Bertz CT molecular complexity index is 1120. The molecule has 4 rings (SSSR count). The van der Waals surface area contributed by atoms with E-state index in [4.69, 9.17) is 4.98 Å². The van der Waals surface area contributed by atoms with Crippen LogP contribution < -0.4 is 10.6 Å². The van der Waals surface area contributed by atoms with Crippen LogP contribution in [0.1, 0.15) is 38.7 Å². The normalized spacial score (nSPS) is 16.5. The molecule has 5 nitrogen and oxygen atoms in total. The SMILES string of the molecule is CCNC(=O)Nc1nc2cc(CC3C=C(C)CCC=CC3)cc(-c3ccccn3)c2s1. The lowest BCUT2D eigenvalue weighted by molar-refractivity contribution is 0.252. The summed E-state index contributed by atoms with van der Waals surface area (Å²) in [4.78, 5) is 21.3. The van der Waals surface area contributed by atoms with Crippen LogP contribution >= 0.6 is 11.3 Å². The minimum absolute atomic E-state index is 0.233. The Morgan fingerprint density at radius 1 is 1.26 bits per heavy atom. The fourth-order valence-corrected chi connectivity index (χ4v) is 4.94. The van der Waals surface area contributed by atoms with Crippen LogP contribution in [0.25, 0.3) is 21.5 Å². The molecule has 0 radical (unpaired) electrons. The van der Waals surface area contributed by atoms with Crippen LogP contribution in [0.5, 0.6) is 0 Å². The number of urea groups is 1. The van der Waals surface area contributed by atoms with Crippen molar-refractivity contribution in [2.75, 3.05) is 11.9 Å². The number of benzene rings is 1.